The minimum absolute atomic E-state index is 0.00237. The third-order valence-corrected chi connectivity index (χ3v) is 9.99. The van der Waals surface area contributed by atoms with E-state index in [0.717, 1.165) is 116 Å². The van der Waals surface area contributed by atoms with Crippen molar-refractivity contribution in [1.29, 1.82) is 0 Å². The van der Waals surface area contributed by atoms with Gasteiger partial charge in [-0.05, 0) is 83.5 Å². The van der Waals surface area contributed by atoms with E-state index in [-0.39, 0.29) is 19.1 Å². The number of phosphoric ester groups is 1. The van der Waals surface area contributed by atoms with Gasteiger partial charge in [0.25, 0.3) is 7.82 Å². The number of carbonyl (C=O) groups is 1. The highest BCUT2D eigenvalue weighted by Gasteiger charge is 2.24. The fourth-order valence-corrected chi connectivity index (χ4v) is 6.22. The molecule has 0 aliphatic rings. The molecule has 330 valence electrons. The normalized spacial score (nSPS) is 15.4. The molecular formula is C49H83N2O6P. The van der Waals surface area contributed by atoms with Crippen LogP contribution in [0, 0.1) is 0 Å². The molecule has 0 aliphatic carbocycles. The summed E-state index contributed by atoms with van der Waals surface area (Å²) in [4.78, 5) is 25.1. The molecule has 3 atom stereocenters. The second-order valence-electron chi connectivity index (χ2n) is 15.7. The number of quaternary nitrogens is 1. The molecule has 0 rings (SSSR count). The number of amides is 1. The Balaban J connectivity index is 4.16. The Morgan fingerprint density at radius 3 is 1.50 bits per heavy atom. The highest BCUT2D eigenvalue weighted by Crippen LogP contribution is 2.38. The summed E-state index contributed by atoms with van der Waals surface area (Å²) in [5.74, 6) is -0.211. The highest BCUT2D eigenvalue weighted by atomic mass is 31.2. The van der Waals surface area contributed by atoms with Crippen LogP contribution >= 0.6 is 7.82 Å². The number of nitrogens with zero attached hydrogens (tertiary/aromatic N) is 1. The van der Waals surface area contributed by atoms with Gasteiger partial charge in [-0.3, -0.25) is 9.36 Å². The van der Waals surface area contributed by atoms with Gasteiger partial charge in [-0.25, -0.2) is 0 Å². The van der Waals surface area contributed by atoms with Crippen LogP contribution in [0.1, 0.15) is 142 Å². The van der Waals surface area contributed by atoms with E-state index in [4.69, 9.17) is 9.05 Å². The van der Waals surface area contributed by atoms with Crippen molar-refractivity contribution in [2.45, 2.75) is 154 Å². The van der Waals surface area contributed by atoms with Crippen LogP contribution in [0.2, 0.25) is 0 Å². The number of allylic oxidation sites excluding steroid dienone is 18. The maximum Gasteiger partial charge on any atom is 0.268 e. The molecule has 0 saturated heterocycles. The van der Waals surface area contributed by atoms with Crippen molar-refractivity contribution in [3.8, 4) is 0 Å². The van der Waals surface area contributed by atoms with E-state index in [1.165, 1.54) is 0 Å². The fraction of sp³-hybridized carbons (Fsp3) is 0.612. The predicted molar refractivity (Wildman–Crippen MR) is 246 cm³/mol. The first-order valence-electron chi connectivity index (χ1n) is 22.2. The Morgan fingerprint density at radius 2 is 1.05 bits per heavy atom. The number of phosphoric acid groups is 1. The summed E-state index contributed by atoms with van der Waals surface area (Å²) in [6.45, 7) is 4.44. The zero-order chi connectivity index (χ0) is 42.8. The highest BCUT2D eigenvalue weighted by molar-refractivity contribution is 7.45. The van der Waals surface area contributed by atoms with Crippen molar-refractivity contribution < 1.29 is 32.9 Å². The topological polar surface area (TPSA) is 108 Å². The Kier molecular flexibility index (Phi) is 37.7. The molecule has 0 aromatic rings. The van der Waals surface area contributed by atoms with Gasteiger partial charge in [0.05, 0.1) is 39.9 Å². The smallest absolute Gasteiger partial charge is 0.268 e. The minimum atomic E-state index is -4.57. The van der Waals surface area contributed by atoms with E-state index in [9.17, 15) is 19.4 Å². The van der Waals surface area contributed by atoms with Gasteiger partial charge in [0.1, 0.15) is 13.2 Å². The van der Waals surface area contributed by atoms with Gasteiger partial charge in [0, 0.05) is 6.42 Å². The molecule has 8 nitrogen and oxygen atoms in total. The van der Waals surface area contributed by atoms with Crippen molar-refractivity contribution in [2.24, 2.45) is 0 Å². The maximum atomic E-state index is 12.7. The quantitative estimate of drug-likeness (QED) is 0.0278. The molecule has 58 heavy (non-hydrogen) atoms. The van der Waals surface area contributed by atoms with Crippen LogP contribution < -0.4 is 10.2 Å². The molecule has 0 saturated carbocycles. The Hall–Kier alpha value is -2.84. The van der Waals surface area contributed by atoms with Gasteiger partial charge < -0.3 is 28.8 Å². The Labute approximate surface area is 355 Å². The lowest BCUT2D eigenvalue weighted by Crippen LogP contribution is -2.46. The second kappa shape index (κ2) is 39.6. The van der Waals surface area contributed by atoms with Gasteiger partial charge in [0.2, 0.25) is 5.91 Å². The average Bonchev–Trinajstić information content (AvgIpc) is 3.17. The fourth-order valence-electron chi connectivity index (χ4n) is 5.50. The largest absolute Gasteiger partial charge is 0.756 e. The van der Waals surface area contributed by atoms with Crippen LogP contribution in [0.15, 0.2) is 109 Å². The lowest BCUT2D eigenvalue weighted by Gasteiger charge is -2.30. The van der Waals surface area contributed by atoms with Crippen LogP contribution in [-0.2, 0) is 18.4 Å². The summed E-state index contributed by atoms with van der Waals surface area (Å²) in [5.41, 5.74) is 0. The number of likely N-dealkylation sites (N-methyl/N-ethyl adjacent to an activating group) is 1. The average molecular weight is 827 g/mol. The van der Waals surface area contributed by atoms with Crippen molar-refractivity contribution in [3.05, 3.63) is 109 Å². The van der Waals surface area contributed by atoms with E-state index in [0.29, 0.717) is 23.9 Å². The van der Waals surface area contributed by atoms with Crippen LogP contribution in [0.4, 0.5) is 0 Å². The van der Waals surface area contributed by atoms with Gasteiger partial charge in [0.15, 0.2) is 0 Å². The number of nitrogens with one attached hydrogen (secondary N) is 1. The lowest BCUT2D eigenvalue weighted by atomic mass is 10.0. The van der Waals surface area contributed by atoms with Gasteiger partial charge in [-0.2, -0.15) is 0 Å². The maximum absolute atomic E-state index is 12.7. The molecule has 0 bridgehead atoms. The lowest BCUT2D eigenvalue weighted by molar-refractivity contribution is -0.870. The summed E-state index contributed by atoms with van der Waals surface area (Å²) >= 11 is 0. The standard InChI is InChI=1S/C49H83N2O6P/c1-6-8-10-12-13-14-15-16-17-18-19-20-21-22-23-24-25-26-27-28-29-30-31-32-33-34-35-36-37-39-41-43-49(53)50-47(48(52)42-40-38-11-9-7-2)46-57-58(54,55)56-45-44-51(3,4)5/h8,10,13-14,16-17,19-20,22-23,25-26,28-29,31-32,34-35,47-48,52H,6-7,9,11-12,15,18,21,24,27,30,33,36-46H2,1-5H3,(H-,50,53,54,55)/b10-8-,14-13-,17-16-,20-19-,23-22-,26-25-,29-28-,32-31-,35-34-. The van der Waals surface area contributed by atoms with E-state index in [2.05, 4.69) is 129 Å². The summed E-state index contributed by atoms with van der Waals surface area (Å²) < 4.78 is 23.0. The molecule has 2 N–H and O–H groups in total. The molecule has 0 aliphatic heterocycles. The van der Waals surface area contributed by atoms with E-state index < -0.39 is 20.0 Å². The molecule has 1 amide bonds. The Morgan fingerprint density at radius 1 is 0.621 bits per heavy atom. The molecule has 0 aromatic heterocycles. The van der Waals surface area contributed by atoms with Crippen molar-refractivity contribution in [3.63, 3.8) is 0 Å². The SMILES string of the molecule is CC/C=C\C/C=C\C/C=C\C/C=C\C/C=C\C/C=C\C/C=C\C/C=C\C/C=C\CCCCCC(=O)NC(COP(=O)([O-])OCC[N+](C)(C)C)C(O)CCCCCCC. The van der Waals surface area contributed by atoms with Crippen LogP contribution in [0.3, 0.4) is 0 Å². The van der Waals surface area contributed by atoms with E-state index in [1.807, 2.05) is 21.1 Å². The summed E-state index contributed by atoms with van der Waals surface area (Å²) in [6.07, 6.45) is 57.2. The van der Waals surface area contributed by atoms with Crippen molar-refractivity contribution >= 4 is 13.7 Å². The van der Waals surface area contributed by atoms with E-state index >= 15 is 0 Å². The summed E-state index contributed by atoms with van der Waals surface area (Å²) in [7, 11) is 1.25. The molecule has 0 aromatic carbocycles. The second-order valence-corrected chi connectivity index (χ2v) is 17.1. The number of rotatable bonds is 38. The van der Waals surface area contributed by atoms with Crippen LogP contribution in [0.25, 0.3) is 0 Å². The molecule has 9 heteroatoms. The number of carbonyl (C=O) groups excluding carboxylic acids is 1. The molecule has 0 spiro atoms. The monoisotopic (exact) mass is 827 g/mol. The van der Waals surface area contributed by atoms with Crippen molar-refractivity contribution in [2.75, 3.05) is 40.9 Å². The zero-order valence-corrected chi connectivity index (χ0v) is 38.1. The zero-order valence-electron chi connectivity index (χ0n) is 37.2. The number of hydrogen-bond acceptors (Lipinski definition) is 6. The summed E-state index contributed by atoms with van der Waals surface area (Å²) in [5, 5.41) is 13.7. The number of aliphatic hydroxyl groups is 1. The van der Waals surface area contributed by atoms with Gasteiger partial charge >= 0.3 is 0 Å². The first kappa shape index (κ1) is 55.2. The van der Waals surface area contributed by atoms with Gasteiger partial charge in [-0.15, -0.1) is 0 Å². The van der Waals surface area contributed by atoms with Gasteiger partial charge in [-0.1, -0.05) is 162 Å². The van der Waals surface area contributed by atoms with Crippen LogP contribution in [-0.4, -0.2) is 68.5 Å². The van der Waals surface area contributed by atoms with Crippen LogP contribution in [0.5, 0.6) is 0 Å². The molecule has 0 radical (unpaired) electrons. The molecule has 0 fully saturated rings. The van der Waals surface area contributed by atoms with E-state index in [1.54, 1.807) is 0 Å². The third-order valence-electron chi connectivity index (χ3n) is 9.03. The minimum Gasteiger partial charge on any atom is -0.756 e. The third kappa shape index (κ3) is 41.3. The Bertz CT molecular complexity index is 1300. The van der Waals surface area contributed by atoms with Crippen molar-refractivity contribution in [1.82, 2.24) is 5.32 Å². The predicted octanol–water partition coefficient (Wildman–Crippen LogP) is 11.9. The number of aliphatic hydroxyl groups excluding tert-OH is 1. The number of hydrogen-bond donors (Lipinski definition) is 2. The number of unbranched alkanes of at least 4 members (excludes halogenated alkanes) is 7. The first-order valence-corrected chi connectivity index (χ1v) is 23.7. The molecular weight excluding hydrogens is 744 g/mol. The molecule has 3 unspecified atom stereocenters. The molecule has 0 heterocycles. The first-order chi connectivity index (χ1) is 28.0. The summed E-state index contributed by atoms with van der Waals surface area (Å²) in [6, 6.07) is -0.822.